The van der Waals surface area contributed by atoms with Gasteiger partial charge in [0, 0.05) is 65.9 Å². The maximum Gasteiger partial charge on any atom is 0.254 e. The molecule has 0 bridgehead atoms. The van der Waals surface area contributed by atoms with E-state index in [1.807, 2.05) is 32.2 Å². The van der Waals surface area contributed by atoms with Crippen molar-refractivity contribution in [3.63, 3.8) is 0 Å². The molecule has 1 saturated carbocycles. The molecular formula is C28H36F2N4O3S. The smallest absolute Gasteiger partial charge is 0.254 e. The summed E-state index contributed by atoms with van der Waals surface area (Å²) in [5, 5.41) is 5.62. The molecule has 1 heterocycles. The number of halogens is 2. The van der Waals surface area contributed by atoms with E-state index in [2.05, 4.69) is 27.1 Å². The zero-order valence-corrected chi connectivity index (χ0v) is 23.2. The van der Waals surface area contributed by atoms with Gasteiger partial charge >= 0.3 is 0 Å². The van der Waals surface area contributed by atoms with E-state index in [-0.39, 0.29) is 49.3 Å². The van der Waals surface area contributed by atoms with Crippen LogP contribution in [0.3, 0.4) is 0 Å². The van der Waals surface area contributed by atoms with Crippen molar-refractivity contribution in [1.29, 1.82) is 0 Å². The van der Waals surface area contributed by atoms with Gasteiger partial charge in [0.2, 0.25) is 11.8 Å². The molecule has 1 aliphatic rings. The number of benzene rings is 1. The second kappa shape index (κ2) is 12.6. The molecule has 0 spiro atoms. The van der Waals surface area contributed by atoms with Crippen LogP contribution in [0.15, 0.2) is 40.5 Å². The van der Waals surface area contributed by atoms with Gasteiger partial charge < -0.3 is 20.5 Å². The average molecular weight is 547 g/mol. The van der Waals surface area contributed by atoms with Gasteiger partial charge in [0.15, 0.2) is 0 Å². The maximum atomic E-state index is 13.9. The lowest BCUT2D eigenvalue weighted by molar-refractivity contribution is -0.116. The number of carbonyl (C=O) groups excluding carboxylic acids is 2. The molecule has 1 aromatic carbocycles. The van der Waals surface area contributed by atoms with Crippen LogP contribution in [0.2, 0.25) is 0 Å². The van der Waals surface area contributed by atoms with Crippen LogP contribution < -0.4 is 21.1 Å². The molecule has 2 amide bonds. The van der Waals surface area contributed by atoms with Crippen LogP contribution >= 0.6 is 11.8 Å². The van der Waals surface area contributed by atoms with E-state index in [0.717, 1.165) is 16.3 Å². The highest BCUT2D eigenvalue weighted by atomic mass is 32.2. The summed E-state index contributed by atoms with van der Waals surface area (Å²) in [4.78, 5) is 43.4. The van der Waals surface area contributed by atoms with E-state index >= 15 is 0 Å². The molecule has 1 aliphatic carbocycles. The highest BCUT2D eigenvalue weighted by Gasteiger charge is 2.37. The van der Waals surface area contributed by atoms with Gasteiger partial charge in [-0.2, -0.15) is 0 Å². The Labute approximate surface area is 226 Å². The summed E-state index contributed by atoms with van der Waals surface area (Å²) in [7, 11) is 0. The van der Waals surface area contributed by atoms with Crippen molar-refractivity contribution in [2.24, 2.45) is 0 Å². The highest BCUT2D eigenvalue weighted by molar-refractivity contribution is 7.98. The summed E-state index contributed by atoms with van der Waals surface area (Å²) >= 11 is 1.43. The van der Waals surface area contributed by atoms with Crippen LogP contribution in [0.25, 0.3) is 0 Å². The number of aromatic amines is 1. The molecule has 3 rings (SSSR count). The fourth-order valence-electron chi connectivity index (χ4n) is 4.92. The van der Waals surface area contributed by atoms with Crippen molar-refractivity contribution < 1.29 is 18.4 Å². The summed E-state index contributed by atoms with van der Waals surface area (Å²) in [5.41, 5.74) is 3.55. The number of hydrogen-bond donors (Lipinski definition) is 3. The summed E-state index contributed by atoms with van der Waals surface area (Å²) in [6.45, 7) is 9.87. The fraction of sp³-hybridized carbons (Fsp3) is 0.464. The third kappa shape index (κ3) is 7.03. The largest absolute Gasteiger partial charge is 0.369 e. The minimum absolute atomic E-state index is 0.0476. The van der Waals surface area contributed by atoms with Gasteiger partial charge in [-0.25, -0.2) is 8.78 Å². The second-order valence-electron chi connectivity index (χ2n) is 9.59. The van der Waals surface area contributed by atoms with E-state index in [0.29, 0.717) is 41.6 Å². The number of thioether (sulfide) groups is 1. The number of aromatic nitrogens is 1. The first kappa shape index (κ1) is 29.4. The lowest BCUT2D eigenvalue weighted by atomic mass is 9.90. The van der Waals surface area contributed by atoms with E-state index in [9.17, 15) is 23.2 Å². The van der Waals surface area contributed by atoms with Crippen molar-refractivity contribution in [2.75, 3.05) is 17.7 Å². The average Bonchev–Trinajstić information content (AvgIpc) is 2.88. The van der Waals surface area contributed by atoms with Gasteiger partial charge in [0.25, 0.3) is 11.5 Å². The highest BCUT2D eigenvalue weighted by Crippen LogP contribution is 2.38. The molecule has 3 N–H and O–H groups in total. The quantitative estimate of drug-likeness (QED) is 0.293. The minimum atomic E-state index is -2.64. The van der Waals surface area contributed by atoms with Crippen LogP contribution in [0.5, 0.6) is 0 Å². The number of alkyl halides is 2. The van der Waals surface area contributed by atoms with Crippen LogP contribution in [-0.4, -0.2) is 41.6 Å². The van der Waals surface area contributed by atoms with Crippen LogP contribution in [-0.2, 0) is 17.9 Å². The third-order valence-corrected chi connectivity index (χ3v) is 7.79. The molecule has 1 aromatic heterocycles. The van der Waals surface area contributed by atoms with Crippen LogP contribution in [0, 0.1) is 13.8 Å². The van der Waals surface area contributed by atoms with E-state index in [1.54, 1.807) is 13.0 Å². The monoisotopic (exact) mass is 546 g/mol. The predicted molar refractivity (Wildman–Crippen MR) is 148 cm³/mol. The molecule has 0 radical (unpaired) electrons. The second-order valence-corrected chi connectivity index (χ2v) is 10.4. The molecule has 0 aliphatic heterocycles. The van der Waals surface area contributed by atoms with Gasteiger partial charge in [0.1, 0.15) is 0 Å². The van der Waals surface area contributed by atoms with E-state index < -0.39 is 5.92 Å². The Hall–Kier alpha value is -3.14. The molecule has 0 saturated heterocycles. The van der Waals surface area contributed by atoms with Gasteiger partial charge in [-0.3, -0.25) is 14.4 Å². The molecular weight excluding hydrogens is 510 g/mol. The summed E-state index contributed by atoms with van der Waals surface area (Å²) < 4.78 is 27.7. The number of amides is 2. The normalized spacial score (nSPS) is 15.1. The molecule has 0 atom stereocenters. The van der Waals surface area contributed by atoms with Gasteiger partial charge in [-0.15, -0.1) is 11.8 Å². The molecule has 38 heavy (non-hydrogen) atoms. The number of carbonyl (C=O) groups is 2. The van der Waals surface area contributed by atoms with Crippen molar-refractivity contribution >= 4 is 29.3 Å². The number of H-pyrrole nitrogens is 1. The van der Waals surface area contributed by atoms with Gasteiger partial charge in [-0.05, 0) is 75.3 Å². The Balaban J connectivity index is 1.95. The molecule has 206 valence electrons. The molecule has 2 aromatic rings. The Morgan fingerprint density at radius 1 is 1.18 bits per heavy atom. The molecule has 0 unspecified atom stereocenters. The van der Waals surface area contributed by atoms with Crippen LogP contribution in [0.1, 0.15) is 65.3 Å². The topological polar surface area (TPSA) is 94.3 Å². The first-order valence-electron chi connectivity index (χ1n) is 12.7. The minimum Gasteiger partial charge on any atom is -0.369 e. The Bertz CT molecular complexity index is 1250. The first-order chi connectivity index (χ1) is 18.0. The lowest BCUT2D eigenvalue weighted by Gasteiger charge is -2.39. The third-order valence-electron chi connectivity index (χ3n) is 6.99. The van der Waals surface area contributed by atoms with E-state index in [1.165, 1.54) is 17.8 Å². The first-order valence-corrected chi connectivity index (χ1v) is 13.9. The lowest BCUT2D eigenvalue weighted by Crippen LogP contribution is -2.41. The van der Waals surface area contributed by atoms with Gasteiger partial charge in [0.05, 0.1) is 0 Å². The SMILES string of the molecule is C=CC(=O)NCc1cc(C(=O)NCc2c(SC)cc(C)[nH]c2=O)c(C)c(N(CC)C2CCC(F)(F)CC2)c1. The Kier molecular flexibility index (Phi) is 9.76. The fourth-order valence-corrected chi connectivity index (χ4v) is 5.62. The number of aryl methyl sites for hydroxylation is 1. The molecule has 7 nitrogen and oxygen atoms in total. The number of nitrogens with one attached hydrogen (secondary N) is 3. The number of pyridine rings is 1. The molecule has 1 fully saturated rings. The van der Waals surface area contributed by atoms with Crippen molar-refractivity contribution in [3.05, 3.63) is 69.2 Å². The Morgan fingerprint density at radius 3 is 2.47 bits per heavy atom. The van der Waals surface area contributed by atoms with Crippen LogP contribution in [0.4, 0.5) is 14.5 Å². The summed E-state index contributed by atoms with van der Waals surface area (Å²) in [6, 6.07) is 5.41. The van der Waals surface area contributed by atoms with Crippen molar-refractivity contribution in [2.45, 2.75) is 76.4 Å². The number of rotatable bonds is 10. The number of hydrogen-bond acceptors (Lipinski definition) is 5. The predicted octanol–water partition coefficient (Wildman–Crippen LogP) is 4.85. The zero-order chi connectivity index (χ0) is 28.0. The molecule has 10 heteroatoms. The number of anilines is 1. The summed E-state index contributed by atoms with van der Waals surface area (Å²) in [6.07, 6.45) is 3.42. The van der Waals surface area contributed by atoms with E-state index in [4.69, 9.17) is 0 Å². The van der Waals surface area contributed by atoms with Crippen molar-refractivity contribution in [1.82, 2.24) is 15.6 Å². The summed E-state index contributed by atoms with van der Waals surface area (Å²) in [5.74, 6) is -3.35. The number of nitrogens with zero attached hydrogens (tertiary/aromatic N) is 1. The zero-order valence-electron chi connectivity index (χ0n) is 22.4. The maximum absolute atomic E-state index is 13.9. The van der Waals surface area contributed by atoms with Crippen molar-refractivity contribution in [3.8, 4) is 0 Å². The Morgan fingerprint density at radius 2 is 1.87 bits per heavy atom. The van der Waals surface area contributed by atoms with Gasteiger partial charge in [-0.1, -0.05) is 6.58 Å². The standard InChI is InChI=1S/C28H36F2N4O3S/c1-6-25(35)31-15-19-13-21(26(36)32-16-22-24(38-5)12-17(3)33-27(22)37)18(4)23(14-19)34(7-2)20-8-10-28(29,30)11-9-20/h6,12-14,20H,1,7-11,15-16H2,2-5H3,(H,31,35)(H,32,36)(H,33,37).